The van der Waals surface area contributed by atoms with Crippen LogP contribution >= 0.6 is 7.82 Å². The van der Waals surface area contributed by atoms with Crippen molar-refractivity contribution in [2.45, 2.75) is 133 Å². The highest BCUT2D eigenvalue weighted by atomic mass is 31.2. The molecule has 65 heavy (non-hydrogen) atoms. The van der Waals surface area contributed by atoms with Gasteiger partial charge in [-0.3, -0.25) is 28.0 Å². The van der Waals surface area contributed by atoms with E-state index in [1.165, 1.54) is 0 Å². The molecular formula is C48H51N6O10P. The molecule has 6 atom stereocenters. The van der Waals surface area contributed by atoms with E-state index in [4.69, 9.17) is 27.8 Å². The molecule has 0 saturated carbocycles. The van der Waals surface area contributed by atoms with E-state index >= 15 is 4.57 Å². The Kier molecular flexibility index (Phi) is 11.0. The highest BCUT2D eigenvalue weighted by Gasteiger charge is 2.60. The molecule has 17 heteroatoms. The predicted octanol–water partition coefficient (Wildman–Crippen LogP) is 7.47. The Labute approximate surface area is 378 Å². The second kappa shape index (κ2) is 16.2. The molecule has 3 saturated heterocycles. The second-order valence-electron chi connectivity index (χ2n) is 19.1. The smallest absolute Gasteiger partial charge is 0.476 e. The van der Waals surface area contributed by atoms with Gasteiger partial charge in [-0.15, -0.1) is 0 Å². The highest BCUT2D eigenvalue weighted by molar-refractivity contribution is 7.48. The monoisotopic (exact) mass is 902 g/mol. The van der Waals surface area contributed by atoms with Crippen molar-refractivity contribution in [3.05, 3.63) is 88.0 Å². The molecule has 0 radical (unpaired) electrons. The molecule has 3 aromatic rings. The number of fused-ring (bicyclic) bond motifs is 3. The minimum absolute atomic E-state index is 0.176. The second-order valence-corrected chi connectivity index (χ2v) is 20.7. The molecular weight excluding hydrogens is 852 g/mol. The van der Waals surface area contributed by atoms with Gasteiger partial charge in [-0.2, -0.15) is 15.8 Å². The summed E-state index contributed by atoms with van der Waals surface area (Å²) in [4.78, 5) is 46.4. The van der Waals surface area contributed by atoms with Gasteiger partial charge in [0.15, 0.2) is 0 Å². The lowest BCUT2D eigenvalue weighted by molar-refractivity contribution is -0.155. The average molecular weight is 903 g/mol. The van der Waals surface area contributed by atoms with Gasteiger partial charge in [0.05, 0.1) is 53.0 Å². The van der Waals surface area contributed by atoms with Gasteiger partial charge in [-0.1, -0.05) is 0 Å². The van der Waals surface area contributed by atoms with E-state index in [0.29, 0.717) is 89.5 Å². The summed E-state index contributed by atoms with van der Waals surface area (Å²) >= 11 is 0. The first-order valence-electron chi connectivity index (χ1n) is 22.1. The topological polar surface area (TPSA) is 205 Å². The summed E-state index contributed by atoms with van der Waals surface area (Å²) in [5.74, 6) is 0.705. The van der Waals surface area contributed by atoms with Crippen LogP contribution in [0, 0.1) is 34.0 Å². The van der Waals surface area contributed by atoms with Crippen molar-refractivity contribution in [1.82, 2.24) is 14.7 Å². The largest absolute Gasteiger partial charge is 0.485 e. The molecule has 0 N–H and O–H groups in total. The first-order chi connectivity index (χ1) is 30.9. The zero-order chi connectivity index (χ0) is 46.2. The summed E-state index contributed by atoms with van der Waals surface area (Å²) < 4.78 is 57.7. The van der Waals surface area contributed by atoms with Crippen molar-refractivity contribution in [1.29, 1.82) is 15.8 Å². The number of amides is 3. The maximum Gasteiger partial charge on any atom is 0.476 e. The number of hydrogen-bond donors (Lipinski definition) is 0. The Morgan fingerprint density at radius 2 is 0.800 bits per heavy atom. The van der Waals surface area contributed by atoms with Gasteiger partial charge in [0.1, 0.15) is 52.4 Å². The zero-order valence-corrected chi connectivity index (χ0v) is 38.1. The van der Waals surface area contributed by atoms with Gasteiger partial charge < -0.3 is 28.9 Å². The molecule has 338 valence electrons. The fraction of sp³-hybridized carbons (Fsp3) is 0.500. The van der Waals surface area contributed by atoms with Crippen molar-refractivity contribution in [3.63, 3.8) is 0 Å². The Morgan fingerprint density at radius 3 is 1.03 bits per heavy atom. The molecule has 3 amide bonds. The molecule has 9 rings (SSSR count). The summed E-state index contributed by atoms with van der Waals surface area (Å²) in [5, 5.41) is 30.1. The van der Waals surface area contributed by atoms with Crippen molar-refractivity contribution >= 4 is 25.5 Å². The van der Waals surface area contributed by atoms with E-state index in [9.17, 15) is 30.2 Å². The van der Waals surface area contributed by atoms with Crippen LogP contribution < -0.4 is 14.2 Å². The van der Waals surface area contributed by atoms with Crippen LogP contribution in [-0.4, -0.2) is 87.2 Å². The van der Waals surface area contributed by atoms with Crippen LogP contribution in [0.5, 0.6) is 17.2 Å². The van der Waals surface area contributed by atoms with E-state index in [0.717, 1.165) is 0 Å². The average Bonchev–Trinajstić information content (AvgIpc) is 4.01. The third-order valence-electron chi connectivity index (χ3n) is 13.5. The van der Waals surface area contributed by atoms with Gasteiger partial charge >= 0.3 is 7.82 Å². The van der Waals surface area contributed by atoms with Crippen molar-refractivity contribution in [2.24, 2.45) is 0 Å². The number of likely N-dealkylation sites (tertiary alicyclic amines) is 3. The van der Waals surface area contributed by atoms with Crippen molar-refractivity contribution < 1.29 is 46.7 Å². The Bertz CT molecular complexity index is 2380. The third kappa shape index (κ3) is 7.79. The highest BCUT2D eigenvalue weighted by Crippen LogP contribution is 2.64. The fourth-order valence-electron chi connectivity index (χ4n) is 10.4. The lowest BCUT2D eigenvalue weighted by Gasteiger charge is -2.51. The summed E-state index contributed by atoms with van der Waals surface area (Å²) in [6.07, 6.45) is -1.43. The first kappa shape index (κ1) is 44.3. The number of rotatable bonds is 9. The van der Waals surface area contributed by atoms with Crippen molar-refractivity contribution in [2.75, 3.05) is 19.6 Å². The van der Waals surface area contributed by atoms with E-state index in [1.807, 2.05) is 0 Å². The lowest BCUT2D eigenvalue weighted by atomic mass is 9.85. The summed E-state index contributed by atoms with van der Waals surface area (Å²) in [7, 11) is -5.20. The van der Waals surface area contributed by atoms with Crippen molar-refractivity contribution in [3.8, 4) is 35.5 Å². The predicted molar refractivity (Wildman–Crippen MR) is 231 cm³/mol. The number of carbonyl (C=O) groups excluding carboxylic acids is 3. The molecule has 6 aliphatic rings. The SMILES string of the molecule is CC1(C)Oc2ccc(C#N)cc2[C@H](N2CCCC2=O)[C@H]1OP(=O)(O[C@@H]1[C@@H](N2CCCC2=O)c2cc(C#N)ccc2OC1(C)C)O[C@@H]1[C@@H](N2CCCC2=O)c2cc(C#N)ccc2OC1(C)C. The Hall–Kier alpha value is -5.95. The molecule has 0 aromatic heterocycles. The number of nitrogens with zero attached hydrogens (tertiary/aromatic N) is 6. The molecule has 0 aliphatic carbocycles. The van der Waals surface area contributed by atoms with E-state index < -0.39 is 61.1 Å². The van der Waals surface area contributed by atoms with Crippen LogP contribution in [0.4, 0.5) is 0 Å². The van der Waals surface area contributed by atoms with Crippen LogP contribution in [0.2, 0.25) is 0 Å². The minimum atomic E-state index is -5.20. The summed E-state index contributed by atoms with van der Waals surface area (Å²) in [6.45, 7) is 11.5. The maximum atomic E-state index is 16.8. The molecule has 16 nitrogen and oxygen atoms in total. The summed E-state index contributed by atoms with van der Waals surface area (Å²) in [5.41, 5.74) is -1.70. The third-order valence-corrected chi connectivity index (χ3v) is 14.9. The van der Waals surface area contributed by atoms with E-state index in [2.05, 4.69) is 18.2 Å². The molecule has 6 aliphatic heterocycles. The van der Waals surface area contributed by atoms with Crippen LogP contribution in [0.15, 0.2) is 54.6 Å². The lowest BCUT2D eigenvalue weighted by Crippen LogP contribution is -2.58. The Morgan fingerprint density at radius 1 is 0.523 bits per heavy atom. The fourth-order valence-corrected chi connectivity index (χ4v) is 12.5. The molecule has 6 heterocycles. The molecule has 0 bridgehead atoms. The number of carbonyl (C=O) groups is 3. The molecule has 3 aromatic carbocycles. The summed E-state index contributed by atoms with van der Waals surface area (Å²) in [6, 6.07) is 18.5. The van der Waals surface area contributed by atoms with E-state index in [-0.39, 0.29) is 37.0 Å². The number of benzene rings is 3. The van der Waals surface area contributed by atoms with Crippen LogP contribution in [-0.2, 0) is 32.5 Å². The number of phosphoric acid groups is 1. The van der Waals surface area contributed by atoms with Crippen LogP contribution in [0.3, 0.4) is 0 Å². The van der Waals surface area contributed by atoms with Gasteiger partial charge in [0, 0.05) is 55.6 Å². The number of hydrogen-bond acceptors (Lipinski definition) is 13. The van der Waals surface area contributed by atoms with Gasteiger partial charge in [-0.05, 0) is 115 Å². The normalized spacial score (nSPS) is 27.3. The van der Waals surface area contributed by atoms with E-state index in [1.54, 1.807) is 111 Å². The van der Waals surface area contributed by atoms with Gasteiger partial charge in [-0.25, -0.2) is 4.57 Å². The number of nitriles is 3. The standard InChI is InChI=1S/C48H51N6O10P/c1-46(2)43(40(52-19-7-10-37(52)55)31-22-28(25-49)13-16-34(31)59-46)62-65(58,63-44-41(53-20-8-11-38(53)56)32-23-29(26-50)14-17-35(32)60-47(44,3)4)64-45-42(54-21-9-12-39(54)57)33-24-30(27-51)15-18-36(33)61-48(45,5)6/h13-18,22-24,40-45H,7-12,19-21H2,1-6H3/t40-,41-,42-,43+,44+,45+/m0/s1. The number of phosphoric ester groups is 1. The van der Waals surface area contributed by atoms with Gasteiger partial charge in [0.2, 0.25) is 17.7 Å². The maximum absolute atomic E-state index is 16.8. The van der Waals surface area contributed by atoms with Crippen LogP contribution in [0.25, 0.3) is 0 Å². The molecule has 0 unspecified atom stereocenters. The van der Waals surface area contributed by atoms with Gasteiger partial charge in [0.25, 0.3) is 0 Å². The quantitative estimate of drug-likeness (QED) is 0.191. The first-order valence-corrected chi connectivity index (χ1v) is 23.6. The molecule has 0 spiro atoms. The molecule has 3 fully saturated rings. The zero-order valence-electron chi connectivity index (χ0n) is 37.2. The minimum Gasteiger partial charge on any atom is -0.485 e. The van der Waals surface area contributed by atoms with Crippen LogP contribution in [0.1, 0.15) is 132 Å². The Balaban J connectivity index is 1.24. The number of ether oxygens (including phenoxy) is 3.